The van der Waals surface area contributed by atoms with Crippen molar-refractivity contribution in [3.63, 3.8) is 0 Å². The average molecular weight is 460 g/mol. The molecule has 9 nitrogen and oxygen atoms in total. The summed E-state index contributed by atoms with van der Waals surface area (Å²) in [5, 5.41) is 2.52. The molecule has 0 spiro atoms. The van der Waals surface area contributed by atoms with Gasteiger partial charge in [-0.1, -0.05) is 26.0 Å². The highest BCUT2D eigenvalue weighted by molar-refractivity contribution is 7.89. The highest BCUT2D eigenvalue weighted by Gasteiger charge is 2.20. The van der Waals surface area contributed by atoms with Crippen molar-refractivity contribution < 1.29 is 27.5 Å². The molecule has 0 bridgehead atoms. The largest absolute Gasteiger partial charge is 0.452 e. The fraction of sp³-hybridized carbons (Fsp3) is 0.227. The van der Waals surface area contributed by atoms with E-state index in [4.69, 9.17) is 10.5 Å². The molecule has 0 aliphatic carbocycles. The third kappa shape index (κ3) is 6.76. The van der Waals surface area contributed by atoms with E-state index >= 15 is 0 Å². The summed E-state index contributed by atoms with van der Waals surface area (Å²) in [6.07, 6.45) is 2.60. The molecule has 0 heterocycles. The SMILES string of the molecule is CCN(CC)S(=O)(=O)c1ccc(C=CC(=O)OCC(=O)Nc2ccc(C(N)=O)cc2)cc1. The van der Waals surface area contributed by atoms with Gasteiger partial charge in [0.15, 0.2) is 6.61 Å². The molecule has 170 valence electrons. The maximum absolute atomic E-state index is 12.5. The molecule has 0 fully saturated rings. The van der Waals surface area contributed by atoms with E-state index in [-0.39, 0.29) is 4.90 Å². The van der Waals surface area contributed by atoms with Crippen molar-refractivity contribution in [2.45, 2.75) is 18.7 Å². The number of benzene rings is 2. The molecule has 2 rings (SSSR count). The van der Waals surface area contributed by atoms with Crippen molar-refractivity contribution in [3.8, 4) is 0 Å². The van der Waals surface area contributed by atoms with Crippen LogP contribution in [0.4, 0.5) is 5.69 Å². The monoisotopic (exact) mass is 459 g/mol. The normalized spacial score (nSPS) is 11.5. The number of ether oxygens (including phenoxy) is 1. The lowest BCUT2D eigenvalue weighted by Crippen LogP contribution is -2.30. The molecular formula is C22H25N3O6S. The summed E-state index contributed by atoms with van der Waals surface area (Å²) in [6, 6.07) is 12.0. The van der Waals surface area contributed by atoms with E-state index in [1.165, 1.54) is 46.8 Å². The Morgan fingerprint density at radius 1 is 1.00 bits per heavy atom. The second-order valence-corrected chi connectivity index (χ2v) is 8.53. The fourth-order valence-electron chi connectivity index (χ4n) is 2.73. The third-order valence-corrected chi connectivity index (χ3v) is 6.50. The summed E-state index contributed by atoms with van der Waals surface area (Å²) >= 11 is 0. The molecule has 0 saturated heterocycles. The van der Waals surface area contributed by atoms with Gasteiger partial charge in [0.2, 0.25) is 15.9 Å². The first kappa shape index (κ1) is 24.8. The van der Waals surface area contributed by atoms with Crippen molar-refractivity contribution >= 4 is 39.6 Å². The summed E-state index contributed by atoms with van der Waals surface area (Å²) < 4.78 is 31.2. The number of amides is 2. The number of nitrogens with one attached hydrogen (secondary N) is 1. The molecule has 0 unspecified atom stereocenters. The zero-order valence-electron chi connectivity index (χ0n) is 17.8. The number of nitrogens with zero attached hydrogens (tertiary/aromatic N) is 1. The van der Waals surface area contributed by atoms with Crippen LogP contribution in [-0.2, 0) is 24.3 Å². The van der Waals surface area contributed by atoms with Crippen molar-refractivity contribution in [2.24, 2.45) is 5.73 Å². The number of anilines is 1. The lowest BCUT2D eigenvalue weighted by atomic mass is 10.2. The summed E-state index contributed by atoms with van der Waals surface area (Å²) in [6.45, 7) is 3.78. The number of hydrogen-bond donors (Lipinski definition) is 2. The molecule has 2 aromatic rings. The van der Waals surface area contributed by atoms with Gasteiger partial charge in [-0.3, -0.25) is 9.59 Å². The molecule has 2 aromatic carbocycles. The maximum atomic E-state index is 12.5. The number of carbonyl (C=O) groups excluding carboxylic acids is 3. The van der Waals surface area contributed by atoms with E-state index in [2.05, 4.69) is 5.32 Å². The van der Waals surface area contributed by atoms with E-state index < -0.39 is 34.4 Å². The van der Waals surface area contributed by atoms with Crippen LogP contribution in [0.3, 0.4) is 0 Å². The molecule has 0 aromatic heterocycles. The Morgan fingerprint density at radius 3 is 2.12 bits per heavy atom. The van der Waals surface area contributed by atoms with E-state index in [0.29, 0.717) is 29.9 Å². The lowest BCUT2D eigenvalue weighted by Gasteiger charge is -2.18. The Morgan fingerprint density at radius 2 is 1.59 bits per heavy atom. The van der Waals surface area contributed by atoms with Gasteiger partial charge in [-0.2, -0.15) is 4.31 Å². The molecular weight excluding hydrogens is 434 g/mol. The average Bonchev–Trinajstić information content (AvgIpc) is 2.77. The van der Waals surface area contributed by atoms with Crippen LogP contribution in [0.1, 0.15) is 29.8 Å². The number of hydrogen-bond acceptors (Lipinski definition) is 6. The number of rotatable bonds is 10. The molecule has 0 aliphatic rings. The van der Waals surface area contributed by atoms with Crippen molar-refractivity contribution in [1.29, 1.82) is 0 Å². The fourth-order valence-corrected chi connectivity index (χ4v) is 4.19. The quantitative estimate of drug-likeness (QED) is 0.412. The second-order valence-electron chi connectivity index (χ2n) is 6.59. The standard InChI is InChI=1S/C22H25N3O6S/c1-3-25(4-2)32(29,30)19-12-5-16(6-13-19)7-14-21(27)31-15-20(26)24-18-10-8-17(9-11-18)22(23)28/h5-14H,3-4,15H2,1-2H3,(H2,23,28)(H,24,26). The number of sulfonamides is 1. The van der Waals surface area contributed by atoms with Gasteiger partial charge in [-0.25, -0.2) is 13.2 Å². The van der Waals surface area contributed by atoms with Gasteiger partial charge in [0.05, 0.1) is 4.90 Å². The van der Waals surface area contributed by atoms with E-state index in [1.807, 2.05) is 0 Å². The van der Waals surface area contributed by atoms with Crippen LogP contribution in [0, 0.1) is 0 Å². The van der Waals surface area contributed by atoms with Crippen LogP contribution in [0.2, 0.25) is 0 Å². The van der Waals surface area contributed by atoms with Crippen LogP contribution in [0.15, 0.2) is 59.5 Å². The summed E-state index contributed by atoms with van der Waals surface area (Å²) in [7, 11) is -3.55. The number of nitrogens with two attached hydrogens (primary N) is 1. The number of carbonyl (C=O) groups is 3. The molecule has 0 radical (unpaired) electrons. The van der Waals surface area contributed by atoms with Gasteiger partial charge in [0, 0.05) is 30.4 Å². The molecule has 0 aliphatic heterocycles. The van der Waals surface area contributed by atoms with E-state index in [9.17, 15) is 22.8 Å². The molecule has 2 amide bonds. The van der Waals surface area contributed by atoms with Gasteiger partial charge < -0.3 is 15.8 Å². The van der Waals surface area contributed by atoms with Gasteiger partial charge >= 0.3 is 5.97 Å². The zero-order valence-corrected chi connectivity index (χ0v) is 18.6. The number of esters is 1. The molecule has 10 heteroatoms. The molecule has 0 atom stereocenters. The van der Waals surface area contributed by atoms with Crippen molar-refractivity contribution in [2.75, 3.05) is 25.0 Å². The first-order valence-electron chi connectivity index (χ1n) is 9.82. The van der Waals surface area contributed by atoms with Crippen LogP contribution in [-0.4, -0.2) is 50.2 Å². The minimum atomic E-state index is -3.55. The Balaban J connectivity index is 1.88. The van der Waals surface area contributed by atoms with Crippen LogP contribution in [0.5, 0.6) is 0 Å². The van der Waals surface area contributed by atoms with Gasteiger partial charge in [0.25, 0.3) is 5.91 Å². The van der Waals surface area contributed by atoms with Crippen LogP contribution in [0.25, 0.3) is 6.08 Å². The molecule has 3 N–H and O–H groups in total. The predicted molar refractivity (Wildman–Crippen MR) is 120 cm³/mol. The highest BCUT2D eigenvalue weighted by atomic mass is 32.2. The van der Waals surface area contributed by atoms with E-state index in [0.717, 1.165) is 6.08 Å². The Hall–Kier alpha value is -3.50. The first-order chi connectivity index (χ1) is 15.2. The second kappa shape index (κ2) is 11.2. The Kier molecular flexibility index (Phi) is 8.68. The predicted octanol–water partition coefficient (Wildman–Crippen LogP) is 2.01. The van der Waals surface area contributed by atoms with Crippen molar-refractivity contribution in [3.05, 3.63) is 65.7 Å². The maximum Gasteiger partial charge on any atom is 0.331 e. The third-order valence-electron chi connectivity index (χ3n) is 4.43. The van der Waals surface area contributed by atoms with Gasteiger partial charge in [-0.15, -0.1) is 0 Å². The van der Waals surface area contributed by atoms with Crippen LogP contribution >= 0.6 is 0 Å². The number of primary amides is 1. The first-order valence-corrected chi connectivity index (χ1v) is 11.3. The molecule has 0 saturated carbocycles. The highest BCUT2D eigenvalue weighted by Crippen LogP contribution is 2.17. The zero-order chi connectivity index (χ0) is 23.7. The van der Waals surface area contributed by atoms with E-state index in [1.54, 1.807) is 26.0 Å². The van der Waals surface area contributed by atoms with Gasteiger partial charge in [-0.05, 0) is 48.0 Å². The lowest BCUT2D eigenvalue weighted by molar-refractivity contribution is -0.142. The summed E-state index contributed by atoms with van der Waals surface area (Å²) in [5.41, 5.74) is 6.47. The van der Waals surface area contributed by atoms with Crippen molar-refractivity contribution in [1.82, 2.24) is 4.31 Å². The van der Waals surface area contributed by atoms with Gasteiger partial charge in [0.1, 0.15) is 0 Å². The summed E-state index contributed by atoms with van der Waals surface area (Å²) in [4.78, 5) is 34.9. The minimum Gasteiger partial charge on any atom is -0.452 e. The topological polar surface area (TPSA) is 136 Å². The smallest absolute Gasteiger partial charge is 0.331 e. The Bertz CT molecular complexity index is 1090. The minimum absolute atomic E-state index is 0.168. The summed E-state index contributed by atoms with van der Waals surface area (Å²) in [5.74, 6) is -1.86. The molecule has 32 heavy (non-hydrogen) atoms. The van der Waals surface area contributed by atoms with Crippen LogP contribution < -0.4 is 11.1 Å². The Labute approximate surface area is 186 Å².